The maximum Gasteiger partial charge on any atom is 0.573 e. The molecule has 2 aromatic rings. The average Bonchev–Trinajstić information content (AvgIpc) is 3.15. The molecule has 0 aliphatic carbocycles. The molecule has 7 nitrogen and oxygen atoms in total. The molecule has 170 valence electrons. The van der Waals surface area contributed by atoms with Crippen molar-refractivity contribution in [3.63, 3.8) is 0 Å². The van der Waals surface area contributed by atoms with E-state index in [4.69, 9.17) is 4.74 Å². The lowest BCUT2D eigenvalue weighted by Gasteiger charge is -2.33. The van der Waals surface area contributed by atoms with E-state index in [0.717, 1.165) is 6.07 Å². The first kappa shape index (κ1) is 22.9. The second-order valence-corrected chi connectivity index (χ2v) is 8.48. The minimum atomic E-state index is -4.82. The molecule has 10 heteroatoms. The second kappa shape index (κ2) is 8.78. The monoisotopic (exact) mass is 441 g/mol. The van der Waals surface area contributed by atoms with E-state index in [9.17, 15) is 23.1 Å². The van der Waals surface area contributed by atoms with Crippen LogP contribution in [0.25, 0.3) is 11.1 Å². The number of aromatic nitrogens is 2. The zero-order valence-corrected chi connectivity index (χ0v) is 17.6. The molecule has 0 unspecified atom stereocenters. The van der Waals surface area contributed by atoms with Gasteiger partial charge in [0.1, 0.15) is 11.4 Å². The van der Waals surface area contributed by atoms with Crippen LogP contribution in [0.15, 0.2) is 30.6 Å². The Hall–Kier alpha value is -2.75. The van der Waals surface area contributed by atoms with Crippen LogP contribution in [0, 0.1) is 0 Å². The van der Waals surface area contributed by atoms with Gasteiger partial charge in [0, 0.05) is 24.8 Å². The van der Waals surface area contributed by atoms with Crippen LogP contribution in [0.5, 0.6) is 5.75 Å². The summed E-state index contributed by atoms with van der Waals surface area (Å²) in [4.78, 5) is 13.9. The van der Waals surface area contributed by atoms with Gasteiger partial charge in [0.05, 0.1) is 18.8 Å². The molecule has 31 heavy (non-hydrogen) atoms. The predicted molar refractivity (Wildman–Crippen MR) is 106 cm³/mol. The number of aliphatic hydroxyl groups is 1. The molecule has 1 aromatic carbocycles. The highest BCUT2D eigenvalue weighted by Gasteiger charge is 2.31. The van der Waals surface area contributed by atoms with Gasteiger partial charge < -0.3 is 19.5 Å². The number of benzene rings is 1. The Morgan fingerprint density at radius 1 is 1.16 bits per heavy atom. The lowest BCUT2D eigenvalue weighted by Crippen LogP contribution is -2.42. The van der Waals surface area contributed by atoms with Crippen LogP contribution >= 0.6 is 0 Å². The molecule has 1 amide bonds. The third kappa shape index (κ3) is 6.36. The number of piperidine rings is 1. The summed E-state index contributed by atoms with van der Waals surface area (Å²) < 4.78 is 49.0. The summed E-state index contributed by atoms with van der Waals surface area (Å²) in [6.45, 7) is 6.09. The molecule has 0 bridgehead atoms. The number of likely N-dealkylation sites (tertiary alicyclic amines) is 1. The van der Waals surface area contributed by atoms with Crippen molar-refractivity contribution in [1.82, 2.24) is 14.7 Å². The predicted octanol–water partition coefficient (Wildman–Crippen LogP) is 4.51. The summed E-state index contributed by atoms with van der Waals surface area (Å²) in [5, 5.41) is 13.7. The Kier molecular flexibility index (Phi) is 6.49. The summed E-state index contributed by atoms with van der Waals surface area (Å²) in [7, 11) is 0. The Morgan fingerprint density at radius 3 is 2.42 bits per heavy atom. The van der Waals surface area contributed by atoms with Gasteiger partial charge >= 0.3 is 12.5 Å². The van der Waals surface area contributed by atoms with Gasteiger partial charge in [-0.3, -0.25) is 4.68 Å². The van der Waals surface area contributed by atoms with Gasteiger partial charge in [-0.25, -0.2) is 4.79 Å². The van der Waals surface area contributed by atoms with Crippen molar-refractivity contribution in [3.05, 3.63) is 36.2 Å². The first-order valence-corrected chi connectivity index (χ1v) is 9.96. The van der Waals surface area contributed by atoms with Crippen LogP contribution in [-0.4, -0.2) is 50.9 Å². The van der Waals surface area contributed by atoms with Gasteiger partial charge in [0.15, 0.2) is 0 Å². The fourth-order valence-electron chi connectivity index (χ4n) is 3.44. The van der Waals surface area contributed by atoms with Crippen molar-refractivity contribution < 1.29 is 32.5 Å². The molecule has 0 saturated carbocycles. The minimum Gasteiger partial charge on any atom is -0.444 e. The van der Waals surface area contributed by atoms with Crippen molar-refractivity contribution in [1.29, 1.82) is 0 Å². The highest BCUT2D eigenvalue weighted by atomic mass is 19.4. The van der Waals surface area contributed by atoms with Crippen molar-refractivity contribution in [2.24, 2.45) is 0 Å². The molecule has 3 rings (SSSR count). The van der Waals surface area contributed by atoms with Gasteiger partial charge in [0.25, 0.3) is 0 Å². The molecular formula is C21H26F3N3O4. The van der Waals surface area contributed by atoms with Crippen LogP contribution in [0.4, 0.5) is 18.0 Å². The van der Waals surface area contributed by atoms with Crippen molar-refractivity contribution >= 4 is 6.09 Å². The largest absolute Gasteiger partial charge is 0.573 e. The fourth-order valence-corrected chi connectivity index (χ4v) is 3.44. The van der Waals surface area contributed by atoms with E-state index in [2.05, 4.69) is 9.84 Å². The highest BCUT2D eigenvalue weighted by Crippen LogP contribution is 2.31. The lowest BCUT2D eigenvalue weighted by atomic mass is 10.0. The zero-order chi connectivity index (χ0) is 22.8. The number of ether oxygens (including phenoxy) is 2. The van der Waals surface area contributed by atoms with E-state index in [1.54, 1.807) is 28.0 Å². The molecule has 1 fully saturated rings. The number of rotatable bonds is 4. The van der Waals surface area contributed by atoms with Crippen molar-refractivity contribution in [2.45, 2.75) is 58.2 Å². The number of alkyl halides is 3. The summed E-state index contributed by atoms with van der Waals surface area (Å²) in [5.74, 6) is -0.396. The number of aliphatic hydroxyl groups excluding tert-OH is 1. The van der Waals surface area contributed by atoms with E-state index in [0.29, 0.717) is 42.6 Å². The van der Waals surface area contributed by atoms with E-state index in [-0.39, 0.29) is 12.1 Å². The van der Waals surface area contributed by atoms with Crippen LogP contribution in [-0.2, 0) is 11.3 Å². The molecule has 1 saturated heterocycles. The summed E-state index contributed by atoms with van der Waals surface area (Å²) in [5.41, 5.74) is 0.818. The number of hydrogen-bond donors (Lipinski definition) is 1. The molecule has 0 atom stereocenters. The average molecular weight is 441 g/mol. The number of amides is 1. The van der Waals surface area contributed by atoms with E-state index >= 15 is 0 Å². The van der Waals surface area contributed by atoms with Crippen LogP contribution in [0.1, 0.15) is 45.2 Å². The Morgan fingerprint density at radius 2 is 1.84 bits per heavy atom. The Labute approximate surface area is 178 Å². The summed E-state index contributed by atoms with van der Waals surface area (Å²) in [6, 6.07) is 4.06. The number of halogens is 3. The third-order valence-electron chi connectivity index (χ3n) is 4.81. The quantitative estimate of drug-likeness (QED) is 0.755. The maximum atomic E-state index is 12.6. The zero-order valence-electron chi connectivity index (χ0n) is 17.6. The molecule has 0 radical (unpaired) electrons. The van der Waals surface area contributed by atoms with E-state index in [1.165, 1.54) is 6.07 Å². The highest BCUT2D eigenvalue weighted by molar-refractivity contribution is 5.68. The normalized spacial score (nSPS) is 15.8. The molecular weight excluding hydrogens is 415 g/mol. The first-order valence-electron chi connectivity index (χ1n) is 9.96. The maximum absolute atomic E-state index is 12.6. The molecule has 1 N–H and O–H groups in total. The van der Waals surface area contributed by atoms with Crippen LogP contribution in [0.3, 0.4) is 0 Å². The van der Waals surface area contributed by atoms with Gasteiger partial charge in [-0.2, -0.15) is 5.10 Å². The number of carbonyl (C=O) groups excluding carboxylic acids is 1. The molecule has 1 aliphatic heterocycles. The van der Waals surface area contributed by atoms with Crippen LogP contribution < -0.4 is 4.74 Å². The number of hydrogen-bond acceptors (Lipinski definition) is 5. The van der Waals surface area contributed by atoms with E-state index in [1.807, 2.05) is 20.8 Å². The molecule has 2 heterocycles. The van der Waals surface area contributed by atoms with E-state index < -0.39 is 24.3 Å². The molecule has 1 aliphatic rings. The standard InChI is InChI=1S/C21H26F3N3O4/c1-20(2,3)31-19(29)26-6-4-17(5-7-26)27-12-16(11-25-27)15-8-14(13-28)9-18(10-15)30-21(22,23)24/h8-12,17,28H,4-7,13H2,1-3H3. The van der Waals surface area contributed by atoms with Crippen molar-refractivity contribution in [3.8, 4) is 16.9 Å². The van der Waals surface area contributed by atoms with Crippen molar-refractivity contribution in [2.75, 3.05) is 13.1 Å². The van der Waals surface area contributed by atoms with Gasteiger partial charge in [-0.05, 0) is 62.9 Å². The lowest BCUT2D eigenvalue weighted by molar-refractivity contribution is -0.274. The van der Waals surface area contributed by atoms with Gasteiger partial charge in [-0.15, -0.1) is 13.2 Å². The Balaban J connectivity index is 1.70. The first-order chi connectivity index (χ1) is 14.4. The smallest absolute Gasteiger partial charge is 0.444 e. The SMILES string of the molecule is CC(C)(C)OC(=O)N1CCC(n2cc(-c3cc(CO)cc(OC(F)(F)F)c3)cn2)CC1. The number of carbonyl (C=O) groups is 1. The second-order valence-electron chi connectivity index (χ2n) is 8.48. The van der Waals surface area contributed by atoms with Gasteiger partial charge in [0.2, 0.25) is 0 Å². The summed E-state index contributed by atoms with van der Waals surface area (Å²) >= 11 is 0. The third-order valence-corrected chi connectivity index (χ3v) is 4.81. The number of nitrogens with zero attached hydrogens (tertiary/aromatic N) is 3. The molecule has 1 aromatic heterocycles. The molecule has 0 spiro atoms. The fraction of sp³-hybridized carbons (Fsp3) is 0.524. The van der Waals surface area contributed by atoms with Crippen LogP contribution in [0.2, 0.25) is 0 Å². The minimum absolute atomic E-state index is 0.0550. The van der Waals surface area contributed by atoms with Gasteiger partial charge in [-0.1, -0.05) is 0 Å². The summed E-state index contributed by atoms with van der Waals surface area (Å²) in [6.07, 6.45) is -0.489. The Bertz CT molecular complexity index is 913. The topological polar surface area (TPSA) is 76.8 Å².